The maximum Gasteiger partial charge on any atom is 0.374 e. The predicted molar refractivity (Wildman–Crippen MR) is 103 cm³/mol. The summed E-state index contributed by atoms with van der Waals surface area (Å²) in [6, 6.07) is 19.5. The molecule has 0 aliphatic carbocycles. The molecule has 27 heavy (non-hydrogen) atoms. The van der Waals surface area contributed by atoms with Crippen molar-refractivity contribution in [3.63, 3.8) is 0 Å². The summed E-state index contributed by atoms with van der Waals surface area (Å²) in [7, 11) is -3.66. The number of fused-ring (bicyclic) bond motifs is 1. The fourth-order valence-electron chi connectivity index (χ4n) is 2.71. The molecule has 1 N–H and O–H groups in total. The molecule has 0 radical (unpaired) electrons. The maximum absolute atomic E-state index is 12.9. The Balaban J connectivity index is 2.00. The summed E-state index contributed by atoms with van der Waals surface area (Å²) in [5.74, 6) is 0.510. The predicted octanol–water partition coefficient (Wildman–Crippen LogP) is 3.85. The van der Waals surface area contributed by atoms with Crippen LogP contribution in [0, 0.1) is 6.92 Å². The van der Waals surface area contributed by atoms with Gasteiger partial charge in [0.15, 0.2) is 10.0 Å². The van der Waals surface area contributed by atoms with Gasteiger partial charge < -0.3 is 0 Å². The van der Waals surface area contributed by atoms with Crippen LogP contribution in [-0.4, -0.2) is 18.7 Å². The fourth-order valence-corrected chi connectivity index (χ4v) is 3.68. The van der Waals surface area contributed by atoms with Crippen LogP contribution in [0.2, 0.25) is 0 Å². The lowest BCUT2D eigenvalue weighted by Gasteiger charge is -2.05. The van der Waals surface area contributed by atoms with Crippen molar-refractivity contribution in [3.05, 3.63) is 84.7 Å². The van der Waals surface area contributed by atoms with E-state index in [9.17, 15) is 8.76 Å². The first-order chi connectivity index (χ1) is 13.0. The van der Waals surface area contributed by atoms with Crippen molar-refractivity contribution in [2.45, 2.75) is 11.8 Å². The number of aryl methyl sites for hydroxylation is 1. The van der Waals surface area contributed by atoms with Crippen LogP contribution in [-0.2, 0) is 10.0 Å². The molecular weight excluding hydrogens is 360 g/mol. The largest absolute Gasteiger partial charge is 0.374 e. The highest BCUT2D eigenvalue weighted by Crippen LogP contribution is 2.23. The maximum atomic E-state index is 12.9. The van der Waals surface area contributed by atoms with E-state index in [-0.39, 0.29) is 10.7 Å². The highest BCUT2D eigenvalue weighted by Gasteiger charge is 2.21. The average Bonchev–Trinajstić information content (AvgIpc) is 2.68. The van der Waals surface area contributed by atoms with Crippen molar-refractivity contribution in [1.29, 1.82) is 0 Å². The minimum atomic E-state index is -3.66. The fraction of sp³-hybridized carbons (Fsp3) is 0.0500. The number of rotatable bonds is 3. The van der Waals surface area contributed by atoms with Crippen molar-refractivity contribution >= 4 is 26.9 Å². The van der Waals surface area contributed by atoms with Gasteiger partial charge in [0.1, 0.15) is 5.52 Å². The van der Waals surface area contributed by atoms with Gasteiger partial charge in [-0.1, -0.05) is 36.4 Å². The van der Waals surface area contributed by atoms with E-state index >= 15 is 0 Å². The van der Waals surface area contributed by atoms with Crippen molar-refractivity contribution in [2.75, 3.05) is 0 Å². The van der Waals surface area contributed by atoms with Gasteiger partial charge >= 0.3 is 5.82 Å². The smallest absolute Gasteiger partial charge is 0.296 e. The van der Waals surface area contributed by atoms with Gasteiger partial charge in [-0.05, 0) is 47.8 Å². The molecule has 1 atom stereocenters. The quantitative estimate of drug-likeness (QED) is 0.550. The SMILES string of the molecule is Cc1ccc[n+](-c2nc3ccccc3nc2N=S(=O)(O)c2ccccc2)c1. The van der Waals surface area contributed by atoms with E-state index in [1.54, 1.807) is 41.0 Å². The first-order valence-corrected chi connectivity index (χ1v) is 9.80. The molecule has 0 saturated carbocycles. The number of benzene rings is 2. The van der Waals surface area contributed by atoms with E-state index in [0.29, 0.717) is 16.9 Å². The molecule has 0 amide bonds. The minimum absolute atomic E-state index is 0.112. The molecule has 7 heteroatoms. The first-order valence-electron chi connectivity index (χ1n) is 8.33. The number of hydrogen-bond acceptors (Lipinski definition) is 4. The Labute approximate surface area is 157 Å². The summed E-state index contributed by atoms with van der Waals surface area (Å²) in [4.78, 5) is 9.36. The summed E-state index contributed by atoms with van der Waals surface area (Å²) in [6.07, 6.45) is 3.69. The van der Waals surface area contributed by atoms with Crippen molar-refractivity contribution < 1.29 is 13.3 Å². The molecule has 134 valence electrons. The van der Waals surface area contributed by atoms with Crippen LogP contribution in [0.4, 0.5) is 5.82 Å². The summed E-state index contributed by atoms with van der Waals surface area (Å²) >= 11 is 0. The van der Waals surface area contributed by atoms with Gasteiger partial charge in [0.25, 0.3) is 5.82 Å². The first kappa shape index (κ1) is 17.3. The molecule has 0 aliphatic heterocycles. The Morgan fingerprint density at radius 3 is 2.30 bits per heavy atom. The molecule has 1 unspecified atom stereocenters. The summed E-state index contributed by atoms with van der Waals surface area (Å²) in [5.41, 5.74) is 2.31. The lowest BCUT2D eigenvalue weighted by atomic mass is 10.3. The summed E-state index contributed by atoms with van der Waals surface area (Å²) in [6.45, 7) is 1.96. The molecule has 0 saturated heterocycles. The third-order valence-corrected chi connectivity index (χ3v) is 5.29. The molecule has 2 aromatic carbocycles. The van der Waals surface area contributed by atoms with Crippen LogP contribution in [0.25, 0.3) is 16.9 Å². The molecule has 4 rings (SSSR count). The standard InChI is InChI=1S/C20H16N4O2S/c1-15-8-7-13-24(14-15)20-19(21-17-11-5-6-12-18(17)22-20)23-27(25,26)16-9-3-2-4-10-16/h2-14H,1H3/p+1. The summed E-state index contributed by atoms with van der Waals surface area (Å²) < 4.78 is 29.2. The van der Waals surface area contributed by atoms with Crippen LogP contribution in [0.1, 0.15) is 5.56 Å². The number of hydrogen-bond donors (Lipinski definition) is 1. The Bertz CT molecular complexity index is 1250. The Morgan fingerprint density at radius 2 is 1.59 bits per heavy atom. The number of pyridine rings is 1. The number of aromatic nitrogens is 3. The van der Waals surface area contributed by atoms with Gasteiger partial charge in [-0.25, -0.2) is 9.19 Å². The highest BCUT2D eigenvalue weighted by atomic mass is 32.2. The Kier molecular flexibility index (Phi) is 4.39. The van der Waals surface area contributed by atoms with Gasteiger partial charge in [-0.15, -0.1) is 4.36 Å². The lowest BCUT2D eigenvalue weighted by Crippen LogP contribution is -2.31. The highest BCUT2D eigenvalue weighted by molar-refractivity contribution is 7.88. The van der Waals surface area contributed by atoms with Crippen LogP contribution >= 0.6 is 0 Å². The van der Waals surface area contributed by atoms with Gasteiger partial charge in [-0.2, -0.15) is 4.57 Å². The van der Waals surface area contributed by atoms with E-state index in [0.717, 1.165) is 5.56 Å². The second kappa shape index (κ2) is 6.86. The van der Waals surface area contributed by atoms with Crippen molar-refractivity contribution in [2.24, 2.45) is 4.36 Å². The normalized spacial score (nSPS) is 13.3. The van der Waals surface area contributed by atoms with Crippen LogP contribution in [0.3, 0.4) is 0 Å². The Morgan fingerprint density at radius 1 is 0.926 bits per heavy atom. The molecule has 0 aliphatic rings. The van der Waals surface area contributed by atoms with Crippen LogP contribution in [0.15, 0.2) is 88.4 Å². The molecular formula is C20H17N4O2S+. The van der Waals surface area contributed by atoms with E-state index in [4.69, 9.17) is 0 Å². The Hall–Kier alpha value is -3.16. The van der Waals surface area contributed by atoms with E-state index < -0.39 is 10.0 Å². The third-order valence-electron chi connectivity index (χ3n) is 3.99. The van der Waals surface area contributed by atoms with E-state index in [1.165, 1.54) is 0 Å². The van der Waals surface area contributed by atoms with Gasteiger partial charge in [-0.3, -0.25) is 4.55 Å². The van der Waals surface area contributed by atoms with E-state index in [2.05, 4.69) is 14.3 Å². The zero-order chi connectivity index (χ0) is 18.9. The van der Waals surface area contributed by atoms with E-state index in [1.807, 2.05) is 49.6 Å². The molecule has 0 spiro atoms. The zero-order valence-electron chi connectivity index (χ0n) is 14.6. The second-order valence-electron chi connectivity index (χ2n) is 6.05. The van der Waals surface area contributed by atoms with Crippen LogP contribution < -0.4 is 4.57 Å². The van der Waals surface area contributed by atoms with Gasteiger partial charge in [0.2, 0.25) is 5.52 Å². The monoisotopic (exact) mass is 377 g/mol. The van der Waals surface area contributed by atoms with Crippen LogP contribution in [0.5, 0.6) is 0 Å². The lowest BCUT2D eigenvalue weighted by molar-refractivity contribution is -0.599. The molecule has 4 aromatic rings. The molecule has 0 bridgehead atoms. The van der Waals surface area contributed by atoms with Crippen molar-refractivity contribution in [3.8, 4) is 5.82 Å². The summed E-state index contributed by atoms with van der Waals surface area (Å²) in [5, 5.41) is 0. The third kappa shape index (κ3) is 3.55. The topological polar surface area (TPSA) is 79.3 Å². The molecule has 2 aromatic heterocycles. The number of nitrogens with zero attached hydrogens (tertiary/aromatic N) is 4. The zero-order valence-corrected chi connectivity index (χ0v) is 15.4. The molecule has 6 nitrogen and oxygen atoms in total. The molecule has 2 heterocycles. The minimum Gasteiger partial charge on any atom is -0.296 e. The average molecular weight is 377 g/mol. The van der Waals surface area contributed by atoms with Crippen molar-refractivity contribution in [1.82, 2.24) is 9.97 Å². The van der Waals surface area contributed by atoms with Gasteiger partial charge in [0.05, 0.1) is 17.3 Å². The number of para-hydroxylation sites is 2. The second-order valence-corrected chi connectivity index (χ2v) is 7.70. The van der Waals surface area contributed by atoms with Gasteiger partial charge in [0, 0.05) is 0 Å². The molecule has 0 fully saturated rings.